The van der Waals surface area contributed by atoms with Gasteiger partial charge in [-0.3, -0.25) is 14.2 Å². The SMILES string of the molecule is CC/C=C\C/C=C\C/C=C\C/C=C\C/C=C\CCCCCCCC(=O)OC(/C=C/CCCCCCCCCCCC)C(COP(=O)([O-])OCC[N+](C)(C)C)NC(=O)CCCCCCCCCCCCCCC/C=C/CCCCCCCC. The Bertz CT molecular complexity index is 1680. The predicted octanol–water partition coefficient (Wildman–Crippen LogP) is 21.1. The summed E-state index contributed by atoms with van der Waals surface area (Å²) in [5.41, 5.74) is 0. The van der Waals surface area contributed by atoms with Crippen molar-refractivity contribution in [3.63, 3.8) is 0 Å². The van der Waals surface area contributed by atoms with Gasteiger partial charge in [0.2, 0.25) is 5.91 Å². The van der Waals surface area contributed by atoms with E-state index in [2.05, 4.69) is 99.0 Å². The lowest BCUT2D eigenvalue weighted by Crippen LogP contribution is -2.47. The summed E-state index contributed by atoms with van der Waals surface area (Å²) in [6.07, 6.45) is 81.3. The number of nitrogens with one attached hydrogen (secondary N) is 1. The van der Waals surface area contributed by atoms with Gasteiger partial charge in [0, 0.05) is 12.8 Å². The first-order valence-corrected chi connectivity index (χ1v) is 35.9. The summed E-state index contributed by atoms with van der Waals surface area (Å²) in [6.45, 7) is 6.74. The molecule has 0 aromatic heterocycles. The zero-order valence-electron chi connectivity index (χ0n) is 54.4. The van der Waals surface area contributed by atoms with Crippen LogP contribution < -0.4 is 10.2 Å². The van der Waals surface area contributed by atoms with E-state index in [-0.39, 0.29) is 24.9 Å². The molecule has 3 atom stereocenters. The Labute approximate surface area is 507 Å². The Kier molecular flexibility index (Phi) is 59.2. The topological polar surface area (TPSA) is 114 Å². The normalized spacial score (nSPS) is 14.1. The molecule has 0 spiro atoms. The van der Waals surface area contributed by atoms with Crippen molar-refractivity contribution in [3.8, 4) is 0 Å². The van der Waals surface area contributed by atoms with Gasteiger partial charge < -0.3 is 28.5 Å². The van der Waals surface area contributed by atoms with Crippen molar-refractivity contribution in [2.75, 3.05) is 40.9 Å². The molecule has 0 radical (unpaired) electrons. The third kappa shape index (κ3) is 61.7. The van der Waals surface area contributed by atoms with Gasteiger partial charge in [0.05, 0.1) is 33.8 Å². The van der Waals surface area contributed by atoms with Crippen LogP contribution in [0.2, 0.25) is 0 Å². The number of unbranched alkanes of at least 4 members (excludes halogenated alkanes) is 34. The lowest BCUT2D eigenvalue weighted by molar-refractivity contribution is -0.870. The second-order valence-corrected chi connectivity index (χ2v) is 25.7. The maximum Gasteiger partial charge on any atom is 0.306 e. The van der Waals surface area contributed by atoms with Gasteiger partial charge in [-0.15, -0.1) is 0 Å². The number of ether oxygens (including phenoxy) is 1. The highest BCUT2D eigenvalue weighted by molar-refractivity contribution is 7.45. The smallest absolute Gasteiger partial charge is 0.306 e. The molecule has 9 nitrogen and oxygen atoms in total. The minimum absolute atomic E-state index is 0.0281. The van der Waals surface area contributed by atoms with Gasteiger partial charge in [0.25, 0.3) is 7.82 Å². The number of hydrogen-bond donors (Lipinski definition) is 1. The molecule has 0 rings (SSSR count). The van der Waals surface area contributed by atoms with Crippen molar-refractivity contribution in [3.05, 3.63) is 85.1 Å². The summed E-state index contributed by atoms with van der Waals surface area (Å²) < 4.78 is 30.4. The molecule has 0 aliphatic rings. The molecule has 1 amide bonds. The van der Waals surface area contributed by atoms with E-state index >= 15 is 0 Å². The number of nitrogens with zero attached hydrogens (tertiary/aromatic N) is 1. The second kappa shape index (κ2) is 61.3. The van der Waals surface area contributed by atoms with Crippen LogP contribution in [0, 0.1) is 0 Å². The molecule has 82 heavy (non-hydrogen) atoms. The number of allylic oxidation sites excluding steroid dienone is 13. The van der Waals surface area contributed by atoms with Crippen LogP contribution in [-0.2, 0) is 27.9 Å². The van der Waals surface area contributed by atoms with E-state index in [1.807, 2.05) is 33.3 Å². The fourth-order valence-electron chi connectivity index (χ4n) is 9.78. The molecule has 0 aliphatic heterocycles. The van der Waals surface area contributed by atoms with Crippen molar-refractivity contribution >= 4 is 19.7 Å². The first-order chi connectivity index (χ1) is 39.9. The molecule has 1 N–H and O–H groups in total. The van der Waals surface area contributed by atoms with Gasteiger partial charge in [0.15, 0.2) is 0 Å². The van der Waals surface area contributed by atoms with Crippen LogP contribution in [0.15, 0.2) is 85.1 Å². The summed E-state index contributed by atoms with van der Waals surface area (Å²) in [6, 6.07) is -0.901. The van der Waals surface area contributed by atoms with E-state index in [1.165, 1.54) is 167 Å². The molecular weight excluding hydrogens is 1040 g/mol. The van der Waals surface area contributed by atoms with Gasteiger partial charge in [0.1, 0.15) is 19.3 Å². The summed E-state index contributed by atoms with van der Waals surface area (Å²) >= 11 is 0. The van der Waals surface area contributed by atoms with E-state index in [0.717, 1.165) is 103 Å². The molecule has 0 aliphatic carbocycles. The quantitative estimate of drug-likeness (QED) is 0.0212. The van der Waals surface area contributed by atoms with Gasteiger partial charge in [-0.2, -0.15) is 0 Å². The monoisotopic (exact) mass is 1170 g/mol. The van der Waals surface area contributed by atoms with Crippen molar-refractivity contribution in [2.45, 2.75) is 322 Å². The maximum absolute atomic E-state index is 13.6. The van der Waals surface area contributed by atoms with E-state index < -0.39 is 26.6 Å². The fourth-order valence-corrected chi connectivity index (χ4v) is 10.5. The third-order valence-corrected chi connectivity index (χ3v) is 16.0. The molecular formula is C72H131N2O7P. The number of phosphoric acid groups is 1. The van der Waals surface area contributed by atoms with Crippen molar-refractivity contribution in [1.29, 1.82) is 0 Å². The third-order valence-electron chi connectivity index (χ3n) is 15.1. The minimum atomic E-state index is -4.71. The predicted molar refractivity (Wildman–Crippen MR) is 353 cm³/mol. The van der Waals surface area contributed by atoms with Crippen LogP contribution in [-0.4, -0.2) is 69.4 Å². The molecule has 10 heteroatoms. The highest BCUT2D eigenvalue weighted by atomic mass is 31.2. The van der Waals surface area contributed by atoms with Gasteiger partial charge in [-0.25, -0.2) is 0 Å². The van der Waals surface area contributed by atoms with Crippen LogP contribution in [0.5, 0.6) is 0 Å². The molecule has 0 aromatic rings. The zero-order chi connectivity index (χ0) is 60.0. The first kappa shape index (κ1) is 79.2. The number of phosphoric ester groups is 1. The van der Waals surface area contributed by atoms with Crippen LogP contribution in [0.4, 0.5) is 0 Å². The van der Waals surface area contributed by atoms with Crippen LogP contribution in [0.3, 0.4) is 0 Å². The largest absolute Gasteiger partial charge is 0.756 e. The highest BCUT2D eigenvalue weighted by Gasteiger charge is 2.27. The van der Waals surface area contributed by atoms with Gasteiger partial charge in [-0.1, -0.05) is 280 Å². The van der Waals surface area contributed by atoms with Crippen molar-refractivity contribution in [2.24, 2.45) is 0 Å². The van der Waals surface area contributed by atoms with E-state index in [1.54, 1.807) is 0 Å². The number of carbonyl (C=O) groups excluding carboxylic acids is 2. The molecule has 0 heterocycles. The van der Waals surface area contributed by atoms with Crippen molar-refractivity contribution in [1.82, 2.24) is 5.32 Å². The minimum Gasteiger partial charge on any atom is -0.756 e. The van der Waals surface area contributed by atoms with Crippen molar-refractivity contribution < 1.29 is 37.3 Å². The van der Waals surface area contributed by atoms with Gasteiger partial charge in [-0.05, 0) is 102 Å². The lowest BCUT2D eigenvalue weighted by atomic mass is 10.0. The summed E-state index contributed by atoms with van der Waals surface area (Å²) in [5.74, 6) is -0.558. The van der Waals surface area contributed by atoms with Crippen LogP contribution in [0.1, 0.15) is 310 Å². The molecule has 0 saturated carbocycles. The molecule has 476 valence electrons. The number of quaternary nitrogens is 1. The van der Waals surface area contributed by atoms with Gasteiger partial charge >= 0.3 is 5.97 Å². The molecule has 0 aromatic carbocycles. The molecule has 0 fully saturated rings. The second-order valence-electron chi connectivity index (χ2n) is 24.3. The van der Waals surface area contributed by atoms with E-state index in [4.69, 9.17) is 13.8 Å². The summed E-state index contributed by atoms with van der Waals surface area (Å²) in [5, 5.41) is 3.04. The average Bonchev–Trinajstić information content (AvgIpc) is 3.44. The fraction of sp³-hybridized carbons (Fsp3) is 0.778. The Morgan fingerprint density at radius 1 is 0.439 bits per heavy atom. The Balaban J connectivity index is 5.15. The standard InChI is InChI=1S/C72H131N2O7P/c1-7-10-13-16-19-22-25-28-30-32-34-36-37-39-40-42-44-46-49-52-55-58-61-64-71(75)73-69(68-80-82(77,78)79-67-66-74(4,5)6)70(63-60-57-54-51-48-27-24-21-18-15-12-9-3)81-72(76)65-62-59-56-53-50-47-45-43-41-38-35-33-31-29-26-23-20-17-14-11-8-2/h11,14,20,23,28-31,35,38,43,45,60,63,69-70H,7-10,12-13,15-19,21-22,24-27,32-34,36-37,39-42,44,46-59,61-62,64-68H2,1-6H3,(H-,73,75,77,78)/b14-11-,23-20-,30-28+,31-29-,38-35-,45-43-,63-60+. The Morgan fingerprint density at radius 3 is 1.18 bits per heavy atom. The van der Waals surface area contributed by atoms with E-state index in [9.17, 15) is 19.0 Å². The molecule has 0 bridgehead atoms. The van der Waals surface area contributed by atoms with Crippen LogP contribution in [0.25, 0.3) is 0 Å². The summed E-state index contributed by atoms with van der Waals surface area (Å²) in [4.78, 5) is 40.1. The first-order valence-electron chi connectivity index (χ1n) is 34.4. The number of amides is 1. The Morgan fingerprint density at radius 2 is 0.780 bits per heavy atom. The highest BCUT2D eigenvalue weighted by Crippen LogP contribution is 2.38. The molecule has 3 unspecified atom stereocenters. The Hall–Kier alpha value is -2.81. The number of rotatable bonds is 62. The average molecular weight is 1170 g/mol. The maximum atomic E-state index is 13.6. The summed E-state index contributed by atoms with van der Waals surface area (Å²) in [7, 11) is 1.17. The van der Waals surface area contributed by atoms with Crippen LogP contribution >= 0.6 is 7.82 Å². The number of esters is 1. The number of carbonyl (C=O) groups is 2. The number of likely N-dealkylation sites (N-methyl/N-ethyl adjacent to an activating group) is 1. The molecule has 0 saturated heterocycles. The zero-order valence-corrected chi connectivity index (χ0v) is 55.3. The lowest BCUT2D eigenvalue weighted by Gasteiger charge is -2.30. The number of hydrogen-bond acceptors (Lipinski definition) is 7. The van der Waals surface area contributed by atoms with E-state index in [0.29, 0.717) is 23.9 Å².